The van der Waals surface area contributed by atoms with Gasteiger partial charge in [0.15, 0.2) is 0 Å². The number of unbranched alkanes of at least 4 members (excludes halogenated alkanes) is 5. The standard InChI is InChI=1S/C22H33FO4/c1-17(2)16-26-21(24)14-8-6-4-5-7-9-15-22(25)27-18(3)19-12-10-11-13-20(19)23/h10-13,17-18H,4-9,14-16H2,1-3H3. The molecule has 1 rings (SSSR count). The first-order valence-electron chi connectivity index (χ1n) is 9.99. The minimum Gasteiger partial charge on any atom is -0.465 e. The number of hydrogen-bond acceptors (Lipinski definition) is 4. The van der Waals surface area contributed by atoms with Crippen molar-refractivity contribution in [2.24, 2.45) is 5.92 Å². The maximum Gasteiger partial charge on any atom is 0.306 e. The molecular formula is C22H33FO4. The van der Waals surface area contributed by atoms with Crippen LogP contribution in [0.1, 0.15) is 83.8 Å². The first-order valence-corrected chi connectivity index (χ1v) is 9.99. The van der Waals surface area contributed by atoms with Crippen LogP contribution in [0.3, 0.4) is 0 Å². The maximum atomic E-state index is 13.7. The molecule has 0 spiro atoms. The molecule has 0 saturated carbocycles. The van der Waals surface area contributed by atoms with Gasteiger partial charge in [0, 0.05) is 18.4 Å². The van der Waals surface area contributed by atoms with Crippen LogP contribution in [0.15, 0.2) is 24.3 Å². The van der Waals surface area contributed by atoms with Crippen molar-refractivity contribution in [1.82, 2.24) is 0 Å². The van der Waals surface area contributed by atoms with Crippen molar-refractivity contribution in [2.75, 3.05) is 6.61 Å². The van der Waals surface area contributed by atoms with Crippen molar-refractivity contribution in [3.63, 3.8) is 0 Å². The average molecular weight is 380 g/mol. The molecule has 0 aliphatic heterocycles. The molecule has 0 fully saturated rings. The summed E-state index contributed by atoms with van der Waals surface area (Å²) in [5, 5.41) is 0. The molecule has 152 valence electrons. The lowest BCUT2D eigenvalue weighted by Crippen LogP contribution is -2.10. The molecule has 1 atom stereocenters. The van der Waals surface area contributed by atoms with Crippen molar-refractivity contribution < 1.29 is 23.5 Å². The van der Waals surface area contributed by atoms with Crippen LogP contribution in [-0.2, 0) is 19.1 Å². The van der Waals surface area contributed by atoms with E-state index in [-0.39, 0.29) is 17.8 Å². The van der Waals surface area contributed by atoms with Gasteiger partial charge in [-0.05, 0) is 31.7 Å². The largest absolute Gasteiger partial charge is 0.465 e. The highest BCUT2D eigenvalue weighted by molar-refractivity contribution is 5.69. The minimum atomic E-state index is -0.575. The SMILES string of the molecule is CC(C)COC(=O)CCCCCCCCC(=O)OC(C)c1ccccc1F. The van der Waals surface area contributed by atoms with Crippen LogP contribution in [0, 0.1) is 11.7 Å². The summed E-state index contributed by atoms with van der Waals surface area (Å²) in [7, 11) is 0. The molecule has 0 aliphatic rings. The lowest BCUT2D eigenvalue weighted by molar-refractivity contribution is -0.149. The highest BCUT2D eigenvalue weighted by Gasteiger charge is 2.14. The van der Waals surface area contributed by atoms with Gasteiger partial charge in [0.25, 0.3) is 0 Å². The highest BCUT2D eigenvalue weighted by atomic mass is 19.1. The Kier molecular flexibility index (Phi) is 11.4. The van der Waals surface area contributed by atoms with Crippen LogP contribution in [0.2, 0.25) is 0 Å². The van der Waals surface area contributed by atoms with E-state index < -0.39 is 6.10 Å². The Morgan fingerprint density at radius 2 is 1.44 bits per heavy atom. The number of esters is 2. The number of rotatable bonds is 13. The van der Waals surface area contributed by atoms with Crippen molar-refractivity contribution in [3.05, 3.63) is 35.6 Å². The fraction of sp³-hybridized carbons (Fsp3) is 0.636. The second kappa shape index (κ2) is 13.3. The Balaban J connectivity index is 2.02. The predicted molar refractivity (Wildman–Crippen MR) is 104 cm³/mol. The highest BCUT2D eigenvalue weighted by Crippen LogP contribution is 2.21. The zero-order valence-electron chi connectivity index (χ0n) is 16.8. The van der Waals surface area contributed by atoms with Gasteiger partial charge < -0.3 is 9.47 Å². The van der Waals surface area contributed by atoms with Crippen molar-refractivity contribution in [1.29, 1.82) is 0 Å². The normalized spacial score (nSPS) is 12.0. The third-order valence-corrected chi connectivity index (χ3v) is 4.24. The van der Waals surface area contributed by atoms with E-state index in [1.807, 2.05) is 13.8 Å². The van der Waals surface area contributed by atoms with E-state index in [0.29, 0.717) is 30.9 Å². The van der Waals surface area contributed by atoms with Gasteiger partial charge >= 0.3 is 11.9 Å². The molecule has 4 nitrogen and oxygen atoms in total. The molecule has 1 unspecified atom stereocenters. The Bertz CT molecular complexity index is 571. The van der Waals surface area contributed by atoms with Gasteiger partial charge in [-0.1, -0.05) is 57.7 Å². The zero-order valence-corrected chi connectivity index (χ0v) is 16.8. The van der Waals surface area contributed by atoms with E-state index in [4.69, 9.17) is 9.47 Å². The molecule has 0 N–H and O–H groups in total. The summed E-state index contributed by atoms with van der Waals surface area (Å²) in [5.41, 5.74) is 0.401. The minimum absolute atomic E-state index is 0.115. The van der Waals surface area contributed by atoms with Crippen molar-refractivity contribution >= 4 is 11.9 Å². The Hall–Kier alpha value is -1.91. The van der Waals surface area contributed by atoms with Crippen LogP contribution in [-0.4, -0.2) is 18.5 Å². The molecule has 0 amide bonds. The van der Waals surface area contributed by atoms with E-state index in [1.54, 1.807) is 25.1 Å². The Labute approximate surface area is 162 Å². The van der Waals surface area contributed by atoms with Gasteiger partial charge in [0.05, 0.1) is 6.61 Å². The molecule has 0 bridgehead atoms. The number of carbonyl (C=O) groups is 2. The van der Waals surface area contributed by atoms with Crippen molar-refractivity contribution in [2.45, 2.75) is 78.2 Å². The summed E-state index contributed by atoms with van der Waals surface area (Å²) in [6, 6.07) is 6.34. The summed E-state index contributed by atoms with van der Waals surface area (Å²) in [6.45, 7) is 6.21. The number of carbonyl (C=O) groups excluding carboxylic acids is 2. The first kappa shape index (κ1) is 23.1. The first-order chi connectivity index (χ1) is 12.9. The summed E-state index contributed by atoms with van der Waals surface area (Å²) in [4.78, 5) is 23.3. The molecular weight excluding hydrogens is 347 g/mol. The van der Waals surface area contributed by atoms with Crippen LogP contribution in [0.5, 0.6) is 0 Å². The summed E-state index contributed by atoms with van der Waals surface area (Å²) in [6.07, 6.45) is 5.86. The average Bonchev–Trinajstić information content (AvgIpc) is 2.62. The number of halogens is 1. The smallest absolute Gasteiger partial charge is 0.306 e. The fourth-order valence-corrected chi connectivity index (χ4v) is 2.70. The van der Waals surface area contributed by atoms with Crippen LogP contribution in [0.4, 0.5) is 4.39 Å². The monoisotopic (exact) mass is 380 g/mol. The van der Waals surface area contributed by atoms with Crippen LogP contribution >= 0.6 is 0 Å². The quantitative estimate of drug-likeness (QED) is 0.323. The predicted octanol–water partition coefficient (Wildman–Crippen LogP) is 5.75. The van der Waals surface area contributed by atoms with E-state index in [1.165, 1.54) is 6.07 Å². The molecule has 0 radical (unpaired) electrons. The number of benzene rings is 1. The third kappa shape index (κ3) is 10.7. The Morgan fingerprint density at radius 3 is 2.04 bits per heavy atom. The van der Waals surface area contributed by atoms with Crippen LogP contribution in [0.25, 0.3) is 0 Å². The second-order valence-corrected chi connectivity index (χ2v) is 7.35. The fourth-order valence-electron chi connectivity index (χ4n) is 2.70. The molecule has 1 aromatic carbocycles. The van der Waals surface area contributed by atoms with E-state index in [9.17, 15) is 14.0 Å². The number of ether oxygens (including phenoxy) is 2. The molecule has 0 saturated heterocycles. The molecule has 0 aromatic heterocycles. The van der Waals surface area contributed by atoms with Crippen LogP contribution < -0.4 is 0 Å². The van der Waals surface area contributed by atoms with Crippen molar-refractivity contribution in [3.8, 4) is 0 Å². The molecule has 0 aliphatic carbocycles. The van der Waals surface area contributed by atoms with Gasteiger partial charge in [-0.25, -0.2) is 4.39 Å². The van der Waals surface area contributed by atoms with Gasteiger partial charge in [0.2, 0.25) is 0 Å². The van der Waals surface area contributed by atoms with Gasteiger partial charge in [0.1, 0.15) is 11.9 Å². The lowest BCUT2D eigenvalue weighted by atomic mass is 10.1. The number of hydrogen-bond donors (Lipinski definition) is 0. The van der Waals surface area contributed by atoms with E-state index in [0.717, 1.165) is 38.5 Å². The molecule has 0 heterocycles. The molecule has 1 aromatic rings. The van der Waals surface area contributed by atoms with E-state index in [2.05, 4.69) is 0 Å². The lowest BCUT2D eigenvalue weighted by Gasteiger charge is -2.14. The van der Waals surface area contributed by atoms with Gasteiger partial charge in [-0.15, -0.1) is 0 Å². The summed E-state index contributed by atoms with van der Waals surface area (Å²) in [5.74, 6) is -0.393. The van der Waals surface area contributed by atoms with E-state index >= 15 is 0 Å². The maximum absolute atomic E-state index is 13.7. The summed E-state index contributed by atoms with van der Waals surface area (Å²) >= 11 is 0. The second-order valence-electron chi connectivity index (χ2n) is 7.35. The molecule has 27 heavy (non-hydrogen) atoms. The Morgan fingerprint density at radius 1 is 0.889 bits per heavy atom. The topological polar surface area (TPSA) is 52.6 Å². The third-order valence-electron chi connectivity index (χ3n) is 4.24. The molecule has 5 heteroatoms. The van der Waals surface area contributed by atoms with Gasteiger partial charge in [-0.3, -0.25) is 9.59 Å². The summed E-state index contributed by atoms with van der Waals surface area (Å²) < 4.78 is 24.1. The van der Waals surface area contributed by atoms with Gasteiger partial charge in [-0.2, -0.15) is 0 Å². The zero-order chi connectivity index (χ0) is 20.1.